The normalized spacial score (nSPS) is 13.9. The molecule has 1 heterocycles. The zero-order valence-electron chi connectivity index (χ0n) is 18.0. The van der Waals surface area contributed by atoms with E-state index in [4.69, 9.17) is 42.1 Å². The molecule has 3 aromatic rings. The average molecular weight is 498 g/mol. The molecule has 1 aliphatic heterocycles. The van der Waals surface area contributed by atoms with Crippen molar-refractivity contribution in [2.75, 3.05) is 14.2 Å². The highest BCUT2D eigenvalue weighted by Crippen LogP contribution is 2.38. The lowest BCUT2D eigenvalue weighted by atomic mass is 10.1. The van der Waals surface area contributed by atoms with Gasteiger partial charge in [0.05, 0.1) is 24.8 Å². The fourth-order valence-corrected chi connectivity index (χ4v) is 3.47. The van der Waals surface area contributed by atoms with E-state index in [9.17, 15) is 9.59 Å². The lowest BCUT2D eigenvalue weighted by Gasteiger charge is -2.12. The first-order valence-corrected chi connectivity index (χ1v) is 10.7. The van der Waals surface area contributed by atoms with E-state index in [-0.39, 0.29) is 28.1 Å². The Balaban J connectivity index is 1.60. The van der Waals surface area contributed by atoms with Gasteiger partial charge in [0.15, 0.2) is 17.2 Å². The number of ether oxygens (including phenoxy) is 4. The first-order valence-electron chi connectivity index (χ1n) is 9.90. The van der Waals surface area contributed by atoms with Gasteiger partial charge in [0.2, 0.25) is 5.90 Å². The summed E-state index contributed by atoms with van der Waals surface area (Å²) in [5.41, 5.74) is 1.49. The number of cyclic esters (lactones) is 1. The van der Waals surface area contributed by atoms with Crippen molar-refractivity contribution in [3.05, 3.63) is 93.1 Å². The third-order valence-corrected chi connectivity index (χ3v) is 5.32. The number of rotatable bonds is 6. The Morgan fingerprint density at radius 3 is 2.32 bits per heavy atom. The molecule has 0 bridgehead atoms. The minimum Gasteiger partial charge on any atom is -0.497 e. The van der Waals surface area contributed by atoms with Crippen molar-refractivity contribution in [1.29, 1.82) is 0 Å². The number of methoxy groups -OCH3 is 2. The zero-order chi connectivity index (χ0) is 24.2. The molecule has 0 spiro atoms. The maximum absolute atomic E-state index is 12.6. The third kappa shape index (κ3) is 5.06. The molecular weight excluding hydrogens is 481 g/mol. The molecule has 0 aromatic heterocycles. The molecule has 172 valence electrons. The monoisotopic (exact) mass is 497 g/mol. The van der Waals surface area contributed by atoms with Crippen molar-refractivity contribution in [3.8, 4) is 17.2 Å². The smallest absolute Gasteiger partial charge is 0.363 e. The number of carbonyl (C=O) groups excluding carboxylic acids is 2. The van der Waals surface area contributed by atoms with Gasteiger partial charge in [0.1, 0.15) is 5.75 Å². The number of esters is 2. The van der Waals surface area contributed by atoms with Crippen LogP contribution in [-0.4, -0.2) is 32.1 Å². The average Bonchev–Trinajstić information content (AvgIpc) is 3.20. The van der Waals surface area contributed by atoms with Crippen LogP contribution in [0.15, 0.2) is 71.4 Å². The number of carbonyl (C=O) groups is 2. The molecule has 0 aliphatic carbocycles. The molecule has 0 saturated carbocycles. The van der Waals surface area contributed by atoms with E-state index >= 15 is 0 Å². The van der Waals surface area contributed by atoms with Crippen LogP contribution >= 0.6 is 23.2 Å². The molecule has 0 amide bonds. The van der Waals surface area contributed by atoms with Gasteiger partial charge in [-0.3, -0.25) is 0 Å². The van der Waals surface area contributed by atoms with Gasteiger partial charge in [-0.1, -0.05) is 23.2 Å². The molecular formula is C25H17Cl2NO6. The van der Waals surface area contributed by atoms with Crippen LogP contribution < -0.4 is 14.2 Å². The molecule has 34 heavy (non-hydrogen) atoms. The highest BCUT2D eigenvalue weighted by molar-refractivity contribution is 6.32. The molecule has 0 N–H and O–H groups in total. The van der Waals surface area contributed by atoms with Gasteiger partial charge in [0.25, 0.3) is 0 Å². The second-order valence-electron chi connectivity index (χ2n) is 7.00. The van der Waals surface area contributed by atoms with Gasteiger partial charge >= 0.3 is 11.9 Å². The van der Waals surface area contributed by atoms with E-state index < -0.39 is 11.9 Å². The topological polar surface area (TPSA) is 83.4 Å². The SMILES string of the molecule is COc1ccc(C(=O)Oc2c(Cl)cc(/C=C3/N=C(c4ccc(Cl)cc4)OC3=O)cc2OC)cc1. The van der Waals surface area contributed by atoms with Gasteiger partial charge in [-0.05, 0) is 72.3 Å². The predicted molar refractivity (Wildman–Crippen MR) is 128 cm³/mol. The van der Waals surface area contributed by atoms with Crippen LogP contribution in [0.25, 0.3) is 6.08 Å². The van der Waals surface area contributed by atoms with Crippen LogP contribution in [0.3, 0.4) is 0 Å². The fourth-order valence-electron chi connectivity index (χ4n) is 3.08. The van der Waals surface area contributed by atoms with Gasteiger partial charge < -0.3 is 18.9 Å². The first-order chi connectivity index (χ1) is 16.4. The molecule has 0 saturated heterocycles. The minimum absolute atomic E-state index is 0.0477. The van der Waals surface area contributed by atoms with Gasteiger partial charge in [-0.25, -0.2) is 14.6 Å². The van der Waals surface area contributed by atoms with Gasteiger partial charge in [-0.2, -0.15) is 0 Å². The van der Waals surface area contributed by atoms with E-state index in [1.807, 2.05) is 0 Å². The molecule has 0 unspecified atom stereocenters. The minimum atomic E-state index is -0.620. The van der Waals surface area contributed by atoms with Crippen molar-refractivity contribution in [3.63, 3.8) is 0 Å². The van der Waals surface area contributed by atoms with Crippen LogP contribution in [-0.2, 0) is 9.53 Å². The van der Waals surface area contributed by atoms with Crippen LogP contribution in [0.4, 0.5) is 0 Å². The standard InChI is InChI=1S/C25H17Cl2NO6/c1-31-18-9-5-16(6-10-18)24(29)33-22-19(27)11-14(13-21(22)32-2)12-20-25(30)34-23(28-20)15-3-7-17(26)8-4-15/h3-13H,1-2H3/b20-12+. The lowest BCUT2D eigenvalue weighted by Crippen LogP contribution is -2.09. The van der Waals surface area contributed by atoms with E-state index in [0.717, 1.165) is 0 Å². The van der Waals surface area contributed by atoms with Crippen molar-refractivity contribution in [2.24, 2.45) is 4.99 Å². The summed E-state index contributed by atoms with van der Waals surface area (Å²) < 4.78 is 21.2. The maximum Gasteiger partial charge on any atom is 0.363 e. The van der Waals surface area contributed by atoms with E-state index in [0.29, 0.717) is 27.5 Å². The van der Waals surface area contributed by atoms with Gasteiger partial charge in [0, 0.05) is 10.6 Å². The molecule has 0 fully saturated rings. The van der Waals surface area contributed by atoms with E-state index in [2.05, 4.69) is 4.99 Å². The largest absolute Gasteiger partial charge is 0.497 e. The Kier molecular flexibility index (Phi) is 6.86. The Labute approximate surface area is 205 Å². The van der Waals surface area contributed by atoms with Crippen LogP contribution in [0, 0.1) is 0 Å². The molecule has 0 atom stereocenters. The molecule has 0 radical (unpaired) electrons. The Morgan fingerprint density at radius 2 is 1.68 bits per heavy atom. The molecule has 7 nitrogen and oxygen atoms in total. The van der Waals surface area contributed by atoms with E-state index in [1.54, 1.807) is 54.6 Å². The summed E-state index contributed by atoms with van der Waals surface area (Å²) in [6, 6.07) is 16.3. The summed E-state index contributed by atoms with van der Waals surface area (Å²) in [5, 5.41) is 0.667. The van der Waals surface area contributed by atoms with E-state index in [1.165, 1.54) is 26.4 Å². The number of nitrogens with zero attached hydrogens (tertiary/aromatic N) is 1. The summed E-state index contributed by atoms with van der Waals surface area (Å²) in [6.07, 6.45) is 1.49. The summed E-state index contributed by atoms with van der Waals surface area (Å²) in [6.45, 7) is 0. The van der Waals surface area contributed by atoms with Crippen molar-refractivity contribution < 1.29 is 28.5 Å². The third-order valence-electron chi connectivity index (χ3n) is 4.79. The Bertz CT molecular complexity index is 1310. The highest BCUT2D eigenvalue weighted by Gasteiger charge is 2.25. The Morgan fingerprint density at radius 1 is 0.971 bits per heavy atom. The zero-order valence-corrected chi connectivity index (χ0v) is 19.5. The number of halogens is 2. The Hall–Kier alpha value is -3.81. The van der Waals surface area contributed by atoms with Crippen LogP contribution in [0.1, 0.15) is 21.5 Å². The molecule has 9 heteroatoms. The van der Waals surface area contributed by atoms with Crippen molar-refractivity contribution in [1.82, 2.24) is 0 Å². The second kappa shape index (κ2) is 9.99. The second-order valence-corrected chi connectivity index (χ2v) is 7.84. The molecule has 4 rings (SSSR count). The van der Waals surface area contributed by atoms with Crippen molar-refractivity contribution >= 4 is 47.1 Å². The lowest BCUT2D eigenvalue weighted by molar-refractivity contribution is -0.129. The van der Waals surface area contributed by atoms with Crippen LogP contribution in [0.5, 0.6) is 17.2 Å². The number of aliphatic imine (C=N–C) groups is 1. The summed E-state index contributed by atoms with van der Waals surface area (Å²) in [5.74, 6) is -0.213. The summed E-state index contributed by atoms with van der Waals surface area (Å²) in [4.78, 5) is 29.1. The molecule has 3 aromatic carbocycles. The summed E-state index contributed by atoms with van der Waals surface area (Å²) in [7, 11) is 2.94. The number of hydrogen-bond acceptors (Lipinski definition) is 7. The fraction of sp³-hybridized carbons (Fsp3) is 0.0800. The highest BCUT2D eigenvalue weighted by atomic mass is 35.5. The number of hydrogen-bond donors (Lipinski definition) is 0. The van der Waals surface area contributed by atoms with Crippen LogP contribution in [0.2, 0.25) is 10.0 Å². The quantitative estimate of drug-likeness (QED) is 0.251. The number of benzene rings is 3. The van der Waals surface area contributed by atoms with Crippen molar-refractivity contribution in [2.45, 2.75) is 0 Å². The maximum atomic E-state index is 12.6. The van der Waals surface area contributed by atoms with Gasteiger partial charge in [-0.15, -0.1) is 0 Å². The predicted octanol–water partition coefficient (Wildman–Crippen LogP) is 5.57. The first kappa shape index (κ1) is 23.4. The summed E-state index contributed by atoms with van der Waals surface area (Å²) >= 11 is 12.3. The molecule has 1 aliphatic rings.